The predicted octanol–water partition coefficient (Wildman–Crippen LogP) is 4.02. The first-order valence-electron chi connectivity index (χ1n) is 8.47. The number of benzene rings is 2. The maximum Gasteiger partial charge on any atom is 0.120 e. The van der Waals surface area contributed by atoms with Gasteiger partial charge in [-0.15, -0.1) is 0 Å². The van der Waals surface area contributed by atoms with E-state index in [4.69, 9.17) is 9.47 Å². The van der Waals surface area contributed by atoms with E-state index >= 15 is 0 Å². The van der Waals surface area contributed by atoms with Crippen molar-refractivity contribution in [1.82, 2.24) is 5.32 Å². The van der Waals surface area contributed by atoms with Crippen LogP contribution < -0.4 is 14.8 Å². The lowest BCUT2D eigenvalue weighted by Crippen LogP contribution is -2.42. The van der Waals surface area contributed by atoms with E-state index in [1.165, 1.54) is 24.0 Å². The number of hydrogen-bond acceptors (Lipinski definition) is 3. The second kappa shape index (κ2) is 6.25. The van der Waals surface area contributed by atoms with Gasteiger partial charge >= 0.3 is 0 Å². The quantitative estimate of drug-likeness (QED) is 0.925. The zero-order valence-electron chi connectivity index (χ0n) is 13.5. The summed E-state index contributed by atoms with van der Waals surface area (Å²) in [6.45, 7) is 0. The SMILES string of the molecule is COc1ccc(-c2cccc(OC3C[C@H]4CC[C@H](C3)N4)c2)cc1. The van der Waals surface area contributed by atoms with Crippen LogP contribution in [0.15, 0.2) is 48.5 Å². The van der Waals surface area contributed by atoms with Crippen molar-refractivity contribution in [2.24, 2.45) is 0 Å². The molecule has 2 aromatic rings. The summed E-state index contributed by atoms with van der Waals surface area (Å²) in [6, 6.07) is 17.9. The molecule has 2 heterocycles. The average Bonchev–Trinajstić information content (AvgIpc) is 2.94. The van der Waals surface area contributed by atoms with E-state index in [1.54, 1.807) is 7.11 Å². The van der Waals surface area contributed by atoms with Gasteiger partial charge in [-0.05, 0) is 61.1 Å². The van der Waals surface area contributed by atoms with Gasteiger partial charge in [0.15, 0.2) is 0 Å². The Morgan fingerprint density at radius 1 is 0.870 bits per heavy atom. The van der Waals surface area contributed by atoms with Gasteiger partial charge in [-0.25, -0.2) is 0 Å². The summed E-state index contributed by atoms with van der Waals surface area (Å²) >= 11 is 0. The Bertz CT molecular complexity index is 656. The lowest BCUT2D eigenvalue weighted by molar-refractivity contribution is 0.137. The number of rotatable bonds is 4. The number of methoxy groups -OCH3 is 1. The van der Waals surface area contributed by atoms with E-state index in [9.17, 15) is 0 Å². The molecule has 2 aliphatic rings. The smallest absolute Gasteiger partial charge is 0.120 e. The molecule has 3 nitrogen and oxygen atoms in total. The average molecular weight is 309 g/mol. The molecule has 2 aromatic carbocycles. The fourth-order valence-corrected chi connectivity index (χ4v) is 3.83. The molecule has 120 valence electrons. The summed E-state index contributed by atoms with van der Waals surface area (Å²) in [7, 11) is 1.69. The van der Waals surface area contributed by atoms with Crippen LogP contribution in [0, 0.1) is 0 Å². The lowest BCUT2D eigenvalue weighted by Gasteiger charge is -2.29. The van der Waals surface area contributed by atoms with Crippen LogP contribution in [0.2, 0.25) is 0 Å². The van der Waals surface area contributed by atoms with Crippen LogP contribution in [0.25, 0.3) is 11.1 Å². The van der Waals surface area contributed by atoms with Gasteiger partial charge < -0.3 is 14.8 Å². The molecule has 2 atom stereocenters. The van der Waals surface area contributed by atoms with Gasteiger partial charge in [-0.2, -0.15) is 0 Å². The summed E-state index contributed by atoms with van der Waals surface area (Å²) in [5.74, 6) is 1.86. The highest BCUT2D eigenvalue weighted by atomic mass is 16.5. The number of ether oxygens (including phenoxy) is 2. The standard InChI is InChI=1S/C20H23NO2/c1-22-18-9-5-14(6-10-18)15-3-2-4-19(11-15)23-20-12-16-7-8-17(13-20)21-16/h2-6,9-11,16-17,20-21H,7-8,12-13H2,1H3/t16-,17-/m1/s1. The molecular weight excluding hydrogens is 286 g/mol. The molecule has 2 aliphatic heterocycles. The van der Waals surface area contributed by atoms with Gasteiger partial charge in [0.1, 0.15) is 17.6 Å². The number of hydrogen-bond donors (Lipinski definition) is 1. The van der Waals surface area contributed by atoms with Gasteiger partial charge in [-0.3, -0.25) is 0 Å². The van der Waals surface area contributed by atoms with Crippen molar-refractivity contribution in [2.75, 3.05) is 7.11 Å². The first kappa shape index (κ1) is 14.6. The highest BCUT2D eigenvalue weighted by Crippen LogP contribution is 2.31. The van der Waals surface area contributed by atoms with Crippen molar-refractivity contribution < 1.29 is 9.47 Å². The van der Waals surface area contributed by atoms with Crippen molar-refractivity contribution in [2.45, 2.75) is 43.9 Å². The predicted molar refractivity (Wildman–Crippen MR) is 92.0 cm³/mol. The Morgan fingerprint density at radius 2 is 1.61 bits per heavy atom. The summed E-state index contributed by atoms with van der Waals surface area (Å²) in [4.78, 5) is 0. The molecule has 0 radical (unpaired) electrons. The third-order valence-electron chi connectivity index (χ3n) is 4.99. The maximum absolute atomic E-state index is 6.28. The fraction of sp³-hybridized carbons (Fsp3) is 0.400. The minimum atomic E-state index is 0.347. The molecule has 2 fully saturated rings. The monoisotopic (exact) mass is 309 g/mol. The van der Waals surface area contributed by atoms with E-state index in [0.29, 0.717) is 18.2 Å². The van der Waals surface area contributed by atoms with Crippen molar-refractivity contribution in [3.05, 3.63) is 48.5 Å². The van der Waals surface area contributed by atoms with Crippen LogP contribution in [-0.4, -0.2) is 25.3 Å². The Hall–Kier alpha value is -2.00. The molecule has 2 bridgehead atoms. The molecule has 0 aliphatic carbocycles. The Morgan fingerprint density at radius 3 is 2.30 bits per heavy atom. The van der Waals surface area contributed by atoms with Crippen molar-refractivity contribution in [3.63, 3.8) is 0 Å². The van der Waals surface area contributed by atoms with Crippen molar-refractivity contribution >= 4 is 0 Å². The summed E-state index contributed by atoms with van der Waals surface area (Å²) in [5, 5.41) is 3.66. The van der Waals surface area contributed by atoms with Gasteiger partial charge in [-0.1, -0.05) is 24.3 Å². The second-order valence-corrected chi connectivity index (χ2v) is 6.61. The minimum Gasteiger partial charge on any atom is -0.497 e. The molecule has 1 N–H and O–H groups in total. The van der Waals surface area contributed by atoms with E-state index in [-0.39, 0.29) is 0 Å². The van der Waals surface area contributed by atoms with E-state index < -0.39 is 0 Å². The topological polar surface area (TPSA) is 30.5 Å². The first-order valence-corrected chi connectivity index (χ1v) is 8.47. The summed E-state index contributed by atoms with van der Waals surface area (Å²) in [6.07, 6.45) is 5.21. The normalized spacial score (nSPS) is 26.0. The molecule has 23 heavy (non-hydrogen) atoms. The summed E-state index contributed by atoms with van der Waals surface area (Å²) < 4.78 is 11.5. The van der Waals surface area contributed by atoms with Crippen LogP contribution in [0.3, 0.4) is 0 Å². The van der Waals surface area contributed by atoms with Crippen LogP contribution >= 0.6 is 0 Å². The van der Waals surface area contributed by atoms with Gasteiger partial charge in [0.05, 0.1) is 7.11 Å². The second-order valence-electron chi connectivity index (χ2n) is 6.61. The van der Waals surface area contributed by atoms with Crippen molar-refractivity contribution in [1.29, 1.82) is 0 Å². The Balaban J connectivity index is 1.49. The minimum absolute atomic E-state index is 0.347. The van der Waals surface area contributed by atoms with E-state index in [1.807, 2.05) is 12.1 Å². The highest BCUT2D eigenvalue weighted by Gasteiger charge is 2.34. The van der Waals surface area contributed by atoms with Gasteiger partial charge in [0, 0.05) is 12.1 Å². The molecule has 0 saturated carbocycles. The van der Waals surface area contributed by atoms with E-state index in [0.717, 1.165) is 24.3 Å². The molecule has 0 amide bonds. The fourth-order valence-electron chi connectivity index (χ4n) is 3.83. The first-order chi connectivity index (χ1) is 11.3. The lowest BCUT2D eigenvalue weighted by atomic mass is 10.0. The summed E-state index contributed by atoms with van der Waals surface area (Å²) in [5.41, 5.74) is 2.36. The third-order valence-corrected chi connectivity index (χ3v) is 4.99. The van der Waals surface area contributed by atoms with E-state index in [2.05, 4.69) is 41.7 Å². The molecular formula is C20H23NO2. The van der Waals surface area contributed by atoms with Crippen LogP contribution in [0.4, 0.5) is 0 Å². The van der Waals surface area contributed by atoms with Crippen LogP contribution in [-0.2, 0) is 0 Å². The van der Waals surface area contributed by atoms with Crippen molar-refractivity contribution in [3.8, 4) is 22.6 Å². The number of fused-ring (bicyclic) bond motifs is 2. The largest absolute Gasteiger partial charge is 0.497 e. The molecule has 0 spiro atoms. The molecule has 0 aromatic heterocycles. The molecule has 3 heteroatoms. The number of piperidine rings is 1. The third kappa shape index (κ3) is 3.20. The molecule has 0 unspecified atom stereocenters. The van der Waals surface area contributed by atoms with Gasteiger partial charge in [0.2, 0.25) is 0 Å². The number of nitrogens with one attached hydrogen (secondary N) is 1. The Kier molecular flexibility index (Phi) is 3.96. The zero-order chi connectivity index (χ0) is 15.6. The van der Waals surface area contributed by atoms with Gasteiger partial charge in [0.25, 0.3) is 0 Å². The maximum atomic E-state index is 6.28. The zero-order valence-corrected chi connectivity index (χ0v) is 13.5. The van der Waals surface area contributed by atoms with Crippen LogP contribution in [0.5, 0.6) is 11.5 Å². The Labute approximate surface area is 137 Å². The highest BCUT2D eigenvalue weighted by molar-refractivity contribution is 5.65. The molecule has 4 rings (SSSR count). The molecule has 2 saturated heterocycles. The van der Waals surface area contributed by atoms with Crippen LogP contribution in [0.1, 0.15) is 25.7 Å².